The van der Waals surface area contributed by atoms with E-state index in [0.29, 0.717) is 5.92 Å². The van der Waals surface area contributed by atoms with Gasteiger partial charge in [-0.05, 0) is 19.3 Å². The number of nitrogens with zero attached hydrogens (tertiary/aromatic N) is 1. The fourth-order valence-corrected chi connectivity index (χ4v) is 2.54. The van der Waals surface area contributed by atoms with Gasteiger partial charge >= 0.3 is 0 Å². The fourth-order valence-electron chi connectivity index (χ4n) is 1.41. The number of hydrogen-bond donors (Lipinski definition) is 1. The average Bonchev–Trinajstić information content (AvgIpc) is 2.89. The Morgan fingerprint density at radius 2 is 2.31 bits per heavy atom. The predicted octanol–water partition coefficient (Wildman–Crippen LogP) is 3.12. The topological polar surface area (TPSA) is 38.9 Å². The summed E-state index contributed by atoms with van der Waals surface area (Å²) in [5.41, 5.74) is 7.07. The molecule has 1 aliphatic carbocycles. The van der Waals surface area contributed by atoms with Gasteiger partial charge in [0.05, 0.1) is 10.7 Å². The van der Waals surface area contributed by atoms with Crippen LogP contribution in [-0.4, -0.2) is 4.98 Å². The van der Waals surface area contributed by atoms with Gasteiger partial charge in [0, 0.05) is 11.8 Å². The molecule has 0 bridgehead atoms. The maximum Gasteiger partial charge on any atom is 0.110 e. The molecule has 1 heterocycles. The largest absolute Gasteiger partial charge is 0.389 e. The highest BCUT2D eigenvalue weighted by Gasteiger charge is 2.28. The first kappa shape index (κ1) is 9.00. The second-order valence-electron chi connectivity index (χ2n) is 3.89. The van der Waals surface area contributed by atoms with E-state index in [-0.39, 0.29) is 0 Å². The van der Waals surface area contributed by atoms with Crippen molar-refractivity contribution in [2.45, 2.75) is 44.9 Å². The SMILES string of the molecule is CCC(C)c1nc(C2CC2)sc1N. The first-order valence-electron chi connectivity index (χ1n) is 4.98. The fraction of sp³-hybridized carbons (Fsp3) is 0.700. The van der Waals surface area contributed by atoms with Gasteiger partial charge in [0.25, 0.3) is 0 Å². The Labute approximate surface area is 83.2 Å². The third-order valence-corrected chi connectivity index (χ3v) is 3.77. The van der Waals surface area contributed by atoms with Gasteiger partial charge in [-0.2, -0.15) is 0 Å². The monoisotopic (exact) mass is 196 g/mol. The first-order chi connectivity index (χ1) is 6.22. The van der Waals surface area contributed by atoms with Crippen LogP contribution in [0.15, 0.2) is 0 Å². The summed E-state index contributed by atoms with van der Waals surface area (Å²) in [4.78, 5) is 4.64. The lowest BCUT2D eigenvalue weighted by molar-refractivity contribution is 0.712. The van der Waals surface area contributed by atoms with Crippen molar-refractivity contribution < 1.29 is 0 Å². The molecular weight excluding hydrogens is 180 g/mol. The van der Waals surface area contributed by atoms with E-state index in [1.165, 1.54) is 17.8 Å². The number of rotatable bonds is 3. The Kier molecular flexibility index (Phi) is 2.28. The van der Waals surface area contributed by atoms with Crippen molar-refractivity contribution in [2.75, 3.05) is 5.73 Å². The number of anilines is 1. The third-order valence-electron chi connectivity index (χ3n) is 2.70. The second kappa shape index (κ2) is 3.29. The number of nitrogens with two attached hydrogens (primary N) is 1. The van der Waals surface area contributed by atoms with Crippen molar-refractivity contribution in [1.82, 2.24) is 4.98 Å². The van der Waals surface area contributed by atoms with E-state index in [1.807, 2.05) is 0 Å². The summed E-state index contributed by atoms with van der Waals surface area (Å²) in [5.74, 6) is 1.26. The third kappa shape index (κ3) is 1.70. The minimum Gasteiger partial charge on any atom is -0.389 e. The van der Waals surface area contributed by atoms with E-state index in [9.17, 15) is 0 Å². The maximum absolute atomic E-state index is 5.94. The number of thiazole rings is 1. The van der Waals surface area contributed by atoms with E-state index in [2.05, 4.69) is 18.8 Å². The van der Waals surface area contributed by atoms with Gasteiger partial charge in [0.1, 0.15) is 5.00 Å². The molecule has 2 N–H and O–H groups in total. The minimum absolute atomic E-state index is 0.517. The summed E-state index contributed by atoms with van der Waals surface area (Å²) < 4.78 is 0. The van der Waals surface area contributed by atoms with Crippen molar-refractivity contribution in [2.24, 2.45) is 0 Å². The molecule has 1 fully saturated rings. The summed E-state index contributed by atoms with van der Waals surface area (Å²) >= 11 is 1.70. The van der Waals surface area contributed by atoms with Crippen LogP contribution in [0.25, 0.3) is 0 Å². The van der Waals surface area contributed by atoms with Gasteiger partial charge in [-0.3, -0.25) is 0 Å². The van der Waals surface area contributed by atoms with Crippen molar-refractivity contribution in [3.8, 4) is 0 Å². The van der Waals surface area contributed by atoms with Crippen LogP contribution in [0.3, 0.4) is 0 Å². The number of nitrogen functional groups attached to an aromatic ring is 1. The van der Waals surface area contributed by atoms with Gasteiger partial charge < -0.3 is 5.73 Å². The van der Waals surface area contributed by atoms with Crippen molar-refractivity contribution in [1.29, 1.82) is 0 Å². The Morgan fingerprint density at radius 3 is 2.85 bits per heavy atom. The van der Waals surface area contributed by atoms with Crippen molar-refractivity contribution >= 4 is 16.3 Å². The minimum atomic E-state index is 0.517. The van der Waals surface area contributed by atoms with Gasteiger partial charge in [0.2, 0.25) is 0 Å². The van der Waals surface area contributed by atoms with Crippen LogP contribution in [0.1, 0.15) is 55.6 Å². The van der Waals surface area contributed by atoms with E-state index < -0.39 is 0 Å². The van der Waals surface area contributed by atoms with Crippen LogP contribution < -0.4 is 5.73 Å². The lowest BCUT2D eigenvalue weighted by Crippen LogP contribution is -1.96. The van der Waals surface area contributed by atoms with Crippen LogP contribution in [0, 0.1) is 0 Å². The Hall–Kier alpha value is -0.570. The average molecular weight is 196 g/mol. The molecule has 2 rings (SSSR count). The van der Waals surface area contributed by atoms with Crippen LogP contribution in [0.4, 0.5) is 5.00 Å². The Bertz CT molecular complexity index is 302. The molecule has 13 heavy (non-hydrogen) atoms. The summed E-state index contributed by atoms with van der Waals surface area (Å²) in [6.45, 7) is 4.38. The molecule has 0 amide bonds. The molecule has 1 aromatic heterocycles. The highest BCUT2D eigenvalue weighted by Crippen LogP contribution is 2.44. The normalized spacial score (nSPS) is 18.9. The molecule has 0 saturated heterocycles. The van der Waals surface area contributed by atoms with E-state index in [4.69, 9.17) is 5.73 Å². The summed E-state index contributed by atoms with van der Waals surface area (Å²) in [7, 11) is 0. The smallest absolute Gasteiger partial charge is 0.110 e. The highest BCUT2D eigenvalue weighted by molar-refractivity contribution is 7.15. The van der Waals surface area contributed by atoms with Gasteiger partial charge in [-0.15, -0.1) is 11.3 Å². The lowest BCUT2D eigenvalue weighted by atomic mass is 10.1. The number of aromatic nitrogens is 1. The summed E-state index contributed by atoms with van der Waals surface area (Å²) in [6.07, 6.45) is 3.75. The molecule has 0 aliphatic heterocycles. The highest BCUT2D eigenvalue weighted by atomic mass is 32.1. The zero-order valence-electron chi connectivity index (χ0n) is 8.21. The van der Waals surface area contributed by atoms with Crippen LogP contribution in [0.2, 0.25) is 0 Å². The van der Waals surface area contributed by atoms with Gasteiger partial charge in [-0.1, -0.05) is 13.8 Å². The summed E-state index contributed by atoms with van der Waals surface area (Å²) in [6, 6.07) is 0. The second-order valence-corrected chi connectivity index (χ2v) is 4.95. The first-order valence-corrected chi connectivity index (χ1v) is 5.80. The Balaban J connectivity index is 2.24. The molecule has 0 aromatic carbocycles. The zero-order valence-corrected chi connectivity index (χ0v) is 9.03. The maximum atomic E-state index is 5.94. The van der Waals surface area contributed by atoms with E-state index in [0.717, 1.165) is 23.0 Å². The van der Waals surface area contributed by atoms with Gasteiger partial charge in [-0.25, -0.2) is 4.98 Å². The van der Waals surface area contributed by atoms with E-state index in [1.54, 1.807) is 11.3 Å². The number of hydrogen-bond acceptors (Lipinski definition) is 3. The van der Waals surface area contributed by atoms with Gasteiger partial charge in [0.15, 0.2) is 0 Å². The summed E-state index contributed by atoms with van der Waals surface area (Å²) in [5, 5.41) is 2.21. The molecule has 1 unspecified atom stereocenters. The molecule has 0 radical (unpaired) electrons. The molecule has 1 atom stereocenters. The van der Waals surface area contributed by atoms with Crippen LogP contribution >= 0.6 is 11.3 Å². The van der Waals surface area contributed by atoms with E-state index >= 15 is 0 Å². The van der Waals surface area contributed by atoms with Crippen molar-refractivity contribution in [3.63, 3.8) is 0 Å². The molecule has 0 spiro atoms. The molecule has 1 aromatic rings. The standard InChI is InChI=1S/C10H16N2S/c1-3-6(2)8-9(11)13-10(12-8)7-4-5-7/h6-7H,3-5,11H2,1-2H3. The predicted molar refractivity (Wildman–Crippen MR) is 57.2 cm³/mol. The molecule has 72 valence electrons. The molecule has 2 nitrogen and oxygen atoms in total. The lowest BCUT2D eigenvalue weighted by Gasteiger charge is -2.04. The Morgan fingerprint density at radius 1 is 1.62 bits per heavy atom. The molecule has 3 heteroatoms. The van der Waals surface area contributed by atoms with Crippen LogP contribution in [-0.2, 0) is 0 Å². The molecule has 1 aliphatic rings. The molecular formula is C10H16N2S. The van der Waals surface area contributed by atoms with Crippen LogP contribution in [0.5, 0.6) is 0 Å². The van der Waals surface area contributed by atoms with Crippen molar-refractivity contribution in [3.05, 3.63) is 10.7 Å². The molecule has 1 saturated carbocycles. The zero-order chi connectivity index (χ0) is 9.42. The quantitative estimate of drug-likeness (QED) is 0.806.